The number of hydrogen-bond donors (Lipinski definition) is 0. The van der Waals surface area contributed by atoms with Gasteiger partial charge in [-0.3, -0.25) is 0 Å². The number of ether oxygens (including phenoxy) is 1. The molecule has 3 heteroatoms. The first-order chi connectivity index (χ1) is 9.84. The van der Waals surface area contributed by atoms with Gasteiger partial charge in [0.25, 0.3) is 0 Å². The zero-order chi connectivity index (χ0) is 13.8. The normalized spacial score (nSPS) is 19.6. The predicted molar refractivity (Wildman–Crippen MR) is 78.4 cm³/mol. The molecule has 0 unspecified atom stereocenters. The lowest BCUT2D eigenvalue weighted by Crippen LogP contribution is -2.43. The molecule has 0 atom stereocenters. The van der Waals surface area contributed by atoms with Crippen molar-refractivity contribution in [1.82, 2.24) is 4.90 Å². The van der Waals surface area contributed by atoms with Crippen LogP contribution in [0, 0.1) is 0 Å². The van der Waals surface area contributed by atoms with Crippen molar-refractivity contribution >= 4 is 6.09 Å². The maximum atomic E-state index is 12.4. The number of rotatable bonds is 4. The molecule has 0 bridgehead atoms. The lowest BCUT2D eigenvalue weighted by atomic mass is 9.94. The van der Waals surface area contributed by atoms with Crippen LogP contribution in [0.15, 0.2) is 30.3 Å². The van der Waals surface area contributed by atoms with Gasteiger partial charge in [-0.1, -0.05) is 49.6 Å². The predicted octanol–water partition coefficient (Wildman–Crippen LogP) is 4.12. The van der Waals surface area contributed by atoms with E-state index in [4.69, 9.17) is 4.74 Å². The van der Waals surface area contributed by atoms with Crippen molar-refractivity contribution in [3.63, 3.8) is 0 Å². The standard InChI is InChI=1S/C17H23NO2/c19-17(20-13-14-7-3-1-4-8-14)18(16-11-12-16)15-9-5-2-6-10-15/h1,3-4,7-8,15-16H,2,5-6,9-13H2. The average Bonchev–Trinajstić information content (AvgIpc) is 3.32. The van der Waals surface area contributed by atoms with Crippen LogP contribution in [0.1, 0.15) is 50.5 Å². The van der Waals surface area contributed by atoms with Crippen LogP contribution in [0.2, 0.25) is 0 Å². The lowest BCUT2D eigenvalue weighted by Gasteiger charge is -2.33. The van der Waals surface area contributed by atoms with Crippen LogP contribution >= 0.6 is 0 Å². The molecule has 2 fully saturated rings. The Labute approximate surface area is 120 Å². The molecule has 2 aliphatic carbocycles. The summed E-state index contributed by atoms with van der Waals surface area (Å²) in [7, 11) is 0. The fourth-order valence-electron chi connectivity index (χ4n) is 3.10. The third-order valence-corrected chi connectivity index (χ3v) is 4.32. The van der Waals surface area contributed by atoms with Gasteiger partial charge < -0.3 is 9.64 Å². The van der Waals surface area contributed by atoms with Crippen molar-refractivity contribution in [1.29, 1.82) is 0 Å². The minimum Gasteiger partial charge on any atom is -0.445 e. The Bertz CT molecular complexity index is 436. The van der Waals surface area contributed by atoms with Crippen LogP contribution in [-0.4, -0.2) is 23.1 Å². The van der Waals surface area contributed by atoms with Gasteiger partial charge in [0.1, 0.15) is 6.61 Å². The molecule has 2 aliphatic rings. The second-order valence-corrected chi connectivity index (χ2v) is 5.97. The van der Waals surface area contributed by atoms with E-state index in [0.29, 0.717) is 18.7 Å². The molecule has 1 aromatic carbocycles. The Morgan fingerprint density at radius 3 is 2.30 bits per heavy atom. The van der Waals surface area contributed by atoms with Crippen LogP contribution in [0.25, 0.3) is 0 Å². The molecule has 0 aromatic heterocycles. The molecule has 0 spiro atoms. The molecule has 108 valence electrons. The molecule has 1 amide bonds. The van der Waals surface area contributed by atoms with Crippen LogP contribution in [0.5, 0.6) is 0 Å². The minimum atomic E-state index is -0.108. The van der Waals surface area contributed by atoms with Crippen molar-refractivity contribution in [3.8, 4) is 0 Å². The first-order valence-electron chi connectivity index (χ1n) is 7.83. The highest BCUT2D eigenvalue weighted by Gasteiger charge is 2.38. The highest BCUT2D eigenvalue weighted by Crippen LogP contribution is 2.34. The summed E-state index contributed by atoms with van der Waals surface area (Å²) in [6.07, 6.45) is 8.30. The summed E-state index contributed by atoms with van der Waals surface area (Å²) in [6.45, 7) is 0.385. The van der Waals surface area contributed by atoms with E-state index in [9.17, 15) is 4.79 Å². The van der Waals surface area contributed by atoms with Gasteiger partial charge in [0.2, 0.25) is 0 Å². The summed E-state index contributed by atoms with van der Waals surface area (Å²) in [5.41, 5.74) is 1.06. The Kier molecular flexibility index (Phi) is 4.24. The summed E-state index contributed by atoms with van der Waals surface area (Å²) in [4.78, 5) is 14.4. The van der Waals surface area contributed by atoms with Crippen molar-refractivity contribution in [2.45, 2.75) is 63.6 Å². The smallest absolute Gasteiger partial charge is 0.410 e. The van der Waals surface area contributed by atoms with Gasteiger partial charge in [0.05, 0.1) is 0 Å². The molecule has 3 rings (SSSR count). The fraction of sp³-hybridized carbons (Fsp3) is 0.588. The molecule has 1 aromatic rings. The zero-order valence-corrected chi connectivity index (χ0v) is 12.0. The SMILES string of the molecule is O=C(OCc1ccccc1)N(C1CCCCC1)C1CC1. The Morgan fingerprint density at radius 2 is 1.65 bits per heavy atom. The van der Waals surface area contributed by atoms with Gasteiger partial charge in [-0.2, -0.15) is 0 Å². The maximum Gasteiger partial charge on any atom is 0.410 e. The van der Waals surface area contributed by atoms with Crippen molar-refractivity contribution in [2.24, 2.45) is 0 Å². The summed E-state index contributed by atoms with van der Waals surface area (Å²) >= 11 is 0. The largest absolute Gasteiger partial charge is 0.445 e. The van der Waals surface area contributed by atoms with E-state index in [0.717, 1.165) is 31.2 Å². The van der Waals surface area contributed by atoms with E-state index >= 15 is 0 Å². The summed E-state index contributed by atoms with van der Waals surface area (Å²) < 4.78 is 5.53. The first-order valence-corrected chi connectivity index (χ1v) is 7.83. The Hall–Kier alpha value is -1.51. The van der Waals surface area contributed by atoms with Crippen molar-refractivity contribution < 1.29 is 9.53 Å². The first kappa shape index (κ1) is 13.5. The molecular weight excluding hydrogens is 250 g/mol. The van der Waals surface area contributed by atoms with E-state index in [1.807, 2.05) is 35.2 Å². The number of hydrogen-bond acceptors (Lipinski definition) is 2. The van der Waals surface area contributed by atoms with Crippen LogP contribution in [0.3, 0.4) is 0 Å². The second kappa shape index (κ2) is 6.29. The molecule has 3 nitrogen and oxygen atoms in total. The van der Waals surface area contributed by atoms with Crippen LogP contribution in [0.4, 0.5) is 4.79 Å². The summed E-state index contributed by atoms with van der Waals surface area (Å²) in [5, 5.41) is 0. The van der Waals surface area contributed by atoms with E-state index in [1.165, 1.54) is 19.3 Å². The van der Waals surface area contributed by atoms with Gasteiger partial charge in [0.15, 0.2) is 0 Å². The van der Waals surface area contributed by atoms with E-state index in [2.05, 4.69) is 0 Å². The van der Waals surface area contributed by atoms with E-state index < -0.39 is 0 Å². The van der Waals surface area contributed by atoms with E-state index in [1.54, 1.807) is 0 Å². The van der Waals surface area contributed by atoms with Gasteiger partial charge in [-0.15, -0.1) is 0 Å². The molecule has 0 heterocycles. The highest BCUT2D eigenvalue weighted by atomic mass is 16.6. The Morgan fingerprint density at radius 1 is 1.00 bits per heavy atom. The molecular formula is C17H23NO2. The molecule has 0 aliphatic heterocycles. The highest BCUT2D eigenvalue weighted by molar-refractivity contribution is 5.69. The maximum absolute atomic E-state index is 12.4. The fourth-order valence-corrected chi connectivity index (χ4v) is 3.10. The number of benzene rings is 1. The van der Waals surface area contributed by atoms with E-state index in [-0.39, 0.29) is 6.09 Å². The van der Waals surface area contributed by atoms with Gasteiger partial charge in [0, 0.05) is 12.1 Å². The summed E-state index contributed by atoms with van der Waals surface area (Å²) in [5.74, 6) is 0. The number of carbonyl (C=O) groups excluding carboxylic acids is 1. The minimum absolute atomic E-state index is 0.108. The molecule has 0 radical (unpaired) electrons. The third-order valence-electron chi connectivity index (χ3n) is 4.32. The van der Waals surface area contributed by atoms with Crippen LogP contribution < -0.4 is 0 Å². The van der Waals surface area contributed by atoms with Crippen molar-refractivity contribution in [2.75, 3.05) is 0 Å². The number of nitrogens with zero attached hydrogens (tertiary/aromatic N) is 1. The monoisotopic (exact) mass is 273 g/mol. The van der Waals surface area contributed by atoms with Crippen molar-refractivity contribution in [3.05, 3.63) is 35.9 Å². The summed E-state index contributed by atoms with van der Waals surface area (Å²) in [6, 6.07) is 10.8. The van der Waals surface area contributed by atoms with Gasteiger partial charge in [-0.25, -0.2) is 4.79 Å². The Balaban J connectivity index is 1.58. The molecule has 0 N–H and O–H groups in total. The van der Waals surface area contributed by atoms with Gasteiger partial charge in [-0.05, 0) is 31.2 Å². The topological polar surface area (TPSA) is 29.5 Å². The molecule has 0 saturated heterocycles. The second-order valence-electron chi connectivity index (χ2n) is 5.97. The molecule has 2 saturated carbocycles. The van der Waals surface area contributed by atoms with Gasteiger partial charge >= 0.3 is 6.09 Å². The quantitative estimate of drug-likeness (QED) is 0.826. The van der Waals surface area contributed by atoms with Crippen LogP contribution in [-0.2, 0) is 11.3 Å². The number of amides is 1. The average molecular weight is 273 g/mol. The lowest BCUT2D eigenvalue weighted by molar-refractivity contribution is 0.0682. The zero-order valence-electron chi connectivity index (χ0n) is 12.0. The molecule has 20 heavy (non-hydrogen) atoms. The third kappa shape index (κ3) is 3.33. The number of carbonyl (C=O) groups is 1.